The van der Waals surface area contributed by atoms with Crippen LogP contribution in [0, 0.1) is 5.92 Å². The minimum atomic E-state index is -1.09. The molecular weight excluding hydrogens is 252 g/mol. The normalized spacial score (nSPS) is 13.9. The van der Waals surface area contributed by atoms with Gasteiger partial charge >= 0.3 is 11.9 Å². The quantitative estimate of drug-likeness (QED) is 0.546. The summed E-state index contributed by atoms with van der Waals surface area (Å²) in [6, 6.07) is 0.0103. The fourth-order valence-electron chi connectivity index (χ4n) is 1.47. The van der Waals surface area contributed by atoms with E-state index in [1.807, 2.05) is 13.8 Å². The third-order valence-electron chi connectivity index (χ3n) is 2.70. The van der Waals surface area contributed by atoms with Crippen LogP contribution in [0.3, 0.4) is 0 Å². The second-order valence-corrected chi connectivity index (χ2v) is 4.68. The molecule has 0 aliphatic rings. The van der Waals surface area contributed by atoms with Gasteiger partial charge < -0.3 is 15.5 Å². The van der Waals surface area contributed by atoms with Gasteiger partial charge in [0.25, 0.3) is 0 Å². The number of nitrogens with one attached hydrogen (secondary N) is 1. The summed E-state index contributed by atoms with van der Waals surface area (Å²) in [4.78, 5) is 34.4. The first-order chi connectivity index (χ1) is 8.76. The van der Waals surface area contributed by atoms with Gasteiger partial charge in [0.2, 0.25) is 5.91 Å². The Balaban J connectivity index is 4.46. The third kappa shape index (κ3) is 8.15. The largest absolute Gasteiger partial charge is 0.481 e. The molecule has 0 aliphatic carbocycles. The van der Waals surface area contributed by atoms with E-state index in [1.54, 1.807) is 0 Å². The van der Waals surface area contributed by atoms with Crippen molar-refractivity contribution in [3.05, 3.63) is 0 Å². The molecule has 0 saturated heterocycles. The summed E-state index contributed by atoms with van der Waals surface area (Å²) >= 11 is 0. The van der Waals surface area contributed by atoms with Crippen molar-refractivity contribution in [2.24, 2.45) is 5.92 Å². The molecule has 7 nitrogen and oxygen atoms in total. The topological polar surface area (TPSA) is 107 Å². The molecule has 2 atom stereocenters. The van der Waals surface area contributed by atoms with Crippen LogP contribution in [0.1, 0.15) is 27.2 Å². The van der Waals surface area contributed by atoms with Crippen LogP contribution in [0.2, 0.25) is 0 Å². The number of carboxylic acids is 2. The molecule has 2 unspecified atom stereocenters. The Labute approximate surface area is 112 Å². The SMILES string of the molecule is CCC(C)NC(=O)CN(CC(=O)O)CC(C)C(=O)O. The van der Waals surface area contributed by atoms with Gasteiger partial charge in [-0.25, -0.2) is 0 Å². The molecule has 0 bridgehead atoms. The highest BCUT2D eigenvalue weighted by Gasteiger charge is 2.20. The number of carboxylic acid groups (broad SMARTS) is 2. The van der Waals surface area contributed by atoms with Gasteiger partial charge in [0.05, 0.1) is 19.0 Å². The minimum absolute atomic E-state index is 0.0103. The van der Waals surface area contributed by atoms with E-state index in [-0.39, 0.29) is 31.6 Å². The van der Waals surface area contributed by atoms with Crippen molar-refractivity contribution in [3.8, 4) is 0 Å². The van der Waals surface area contributed by atoms with Gasteiger partial charge in [0.15, 0.2) is 0 Å². The lowest BCUT2D eigenvalue weighted by Gasteiger charge is -2.22. The maximum Gasteiger partial charge on any atom is 0.317 e. The molecule has 0 aromatic carbocycles. The van der Waals surface area contributed by atoms with Crippen LogP contribution in [0.25, 0.3) is 0 Å². The Morgan fingerprint density at radius 3 is 2.16 bits per heavy atom. The number of amides is 1. The molecular formula is C12H22N2O5. The van der Waals surface area contributed by atoms with E-state index in [9.17, 15) is 14.4 Å². The molecule has 0 radical (unpaired) electrons. The van der Waals surface area contributed by atoms with Crippen LogP contribution in [0.15, 0.2) is 0 Å². The van der Waals surface area contributed by atoms with Gasteiger partial charge in [-0.15, -0.1) is 0 Å². The Morgan fingerprint density at radius 2 is 1.74 bits per heavy atom. The average Bonchev–Trinajstić information content (AvgIpc) is 2.27. The number of hydrogen-bond donors (Lipinski definition) is 3. The molecule has 7 heteroatoms. The number of nitrogens with zero attached hydrogens (tertiary/aromatic N) is 1. The van der Waals surface area contributed by atoms with E-state index in [0.29, 0.717) is 0 Å². The number of rotatable bonds is 9. The van der Waals surface area contributed by atoms with Gasteiger partial charge in [-0.1, -0.05) is 13.8 Å². The van der Waals surface area contributed by atoms with Gasteiger partial charge in [-0.05, 0) is 13.3 Å². The summed E-state index contributed by atoms with van der Waals surface area (Å²) in [5, 5.41) is 20.3. The van der Waals surface area contributed by atoms with Crippen LogP contribution in [0.4, 0.5) is 0 Å². The smallest absolute Gasteiger partial charge is 0.317 e. The Morgan fingerprint density at radius 1 is 1.16 bits per heavy atom. The predicted octanol–water partition coefficient (Wildman–Crippen LogP) is 0.00840. The van der Waals surface area contributed by atoms with Crippen LogP contribution in [-0.2, 0) is 14.4 Å². The molecule has 0 spiro atoms. The van der Waals surface area contributed by atoms with E-state index in [0.717, 1.165) is 6.42 Å². The van der Waals surface area contributed by atoms with E-state index in [4.69, 9.17) is 10.2 Å². The Hall–Kier alpha value is -1.63. The Bertz CT molecular complexity index is 332. The second kappa shape index (κ2) is 8.47. The zero-order valence-electron chi connectivity index (χ0n) is 11.5. The highest BCUT2D eigenvalue weighted by molar-refractivity contribution is 5.79. The molecule has 0 rings (SSSR count). The summed E-state index contributed by atoms with van der Waals surface area (Å²) in [6.45, 7) is 4.80. The van der Waals surface area contributed by atoms with Gasteiger partial charge in [0, 0.05) is 12.6 Å². The van der Waals surface area contributed by atoms with Crippen molar-refractivity contribution in [1.29, 1.82) is 0 Å². The second-order valence-electron chi connectivity index (χ2n) is 4.68. The Kier molecular flexibility index (Phi) is 7.74. The summed E-state index contributed by atoms with van der Waals surface area (Å²) in [7, 11) is 0. The van der Waals surface area contributed by atoms with Crippen molar-refractivity contribution >= 4 is 17.8 Å². The van der Waals surface area contributed by atoms with Crippen molar-refractivity contribution in [1.82, 2.24) is 10.2 Å². The molecule has 110 valence electrons. The van der Waals surface area contributed by atoms with Crippen LogP contribution in [0.5, 0.6) is 0 Å². The van der Waals surface area contributed by atoms with E-state index in [2.05, 4.69) is 5.32 Å². The molecule has 0 aliphatic heterocycles. The molecule has 1 amide bonds. The predicted molar refractivity (Wildman–Crippen MR) is 68.8 cm³/mol. The molecule has 0 aromatic rings. The fourth-order valence-corrected chi connectivity index (χ4v) is 1.47. The van der Waals surface area contributed by atoms with Crippen LogP contribution in [-0.4, -0.2) is 58.6 Å². The van der Waals surface area contributed by atoms with E-state index in [1.165, 1.54) is 11.8 Å². The van der Waals surface area contributed by atoms with E-state index >= 15 is 0 Å². The molecule has 0 fully saturated rings. The number of aliphatic carboxylic acids is 2. The summed E-state index contributed by atoms with van der Waals surface area (Å²) < 4.78 is 0. The van der Waals surface area contributed by atoms with Gasteiger partial charge in [-0.3, -0.25) is 19.3 Å². The lowest BCUT2D eigenvalue weighted by Crippen LogP contribution is -2.44. The maximum absolute atomic E-state index is 11.7. The minimum Gasteiger partial charge on any atom is -0.481 e. The summed E-state index contributed by atoms with van der Waals surface area (Å²) in [5.74, 6) is -3.13. The first-order valence-corrected chi connectivity index (χ1v) is 6.22. The third-order valence-corrected chi connectivity index (χ3v) is 2.70. The van der Waals surface area contributed by atoms with Gasteiger partial charge in [-0.2, -0.15) is 0 Å². The van der Waals surface area contributed by atoms with E-state index < -0.39 is 17.9 Å². The number of hydrogen-bond acceptors (Lipinski definition) is 4. The van der Waals surface area contributed by atoms with Crippen LogP contribution < -0.4 is 5.32 Å². The summed E-state index contributed by atoms with van der Waals surface area (Å²) in [5.41, 5.74) is 0. The molecule has 0 aromatic heterocycles. The van der Waals surface area contributed by atoms with Crippen molar-refractivity contribution in [3.63, 3.8) is 0 Å². The van der Waals surface area contributed by atoms with Crippen LogP contribution >= 0.6 is 0 Å². The molecule has 0 heterocycles. The van der Waals surface area contributed by atoms with Gasteiger partial charge in [0.1, 0.15) is 0 Å². The lowest BCUT2D eigenvalue weighted by molar-refractivity contribution is -0.144. The number of carbonyl (C=O) groups is 3. The first-order valence-electron chi connectivity index (χ1n) is 6.22. The monoisotopic (exact) mass is 274 g/mol. The highest BCUT2D eigenvalue weighted by atomic mass is 16.4. The molecule has 19 heavy (non-hydrogen) atoms. The molecule has 0 saturated carbocycles. The zero-order chi connectivity index (χ0) is 15.0. The lowest BCUT2D eigenvalue weighted by atomic mass is 10.1. The van der Waals surface area contributed by atoms with Crippen molar-refractivity contribution in [2.45, 2.75) is 33.2 Å². The standard InChI is InChI=1S/C12H22N2O5/c1-4-9(3)13-10(15)6-14(7-11(16)17)5-8(2)12(18)19/h8-9H,4-7H2,1-3H3,(H,13,15)(H,16,17)(H,18,19). The fraction of sp³-hybridized carbons (Fsp3) is 0.750. The molecule has 3 N–H and O–H groups in total. The zero-order valence-corrected chi connectivity index (χ0v) is 11.5. The van der Waals surface area contributed by atoms with Crippen molar-refractivity contribution in [2.75, 3.05) is 19.6 Å². The average molecular weight is 274 g/mol. The summed E-state index contributed by atoms with van der Waals surface area (Å²) in [6.07, 6.45) is 0.774. The van der Waals surface area contributed by atoms with Crippen molar-refractivity contribution < 1.29 is 24.6 Å². The number of carbonyl (C=O) groups excluding carboxylic acids is 1. The first kappa shape index (κ1) is 17.4. The highest BCUT2D eigenvalue weighted by Crippen LogP contribution is 2.00. The maximum atomic E-state index is 11.7.